The molecule has 0 spiro atoms. The van der Waals surface area contributed by atoms with E-state index in [-0.39, 0.29) is 78.1 Å². The lowest BCUT2D eigenvalue weighted by atomic mass is 9.62. The summed E-state index contributed by atoms with van der Waals surface area (Å²) in [6.45, 7) is 20.2. The summed E-state index contributed by atoms with van der Waals surface area (Å²) in [6, 6.07) is -0.703. The molecule has 6 atom stereocenters. The van der Waals surface area contributed by atoms with E-state index in [9.17, 15) is 28.8 Å². The van der Waals surface area contributed by atoms with Crippen molar-refractivity contribution in [3.05, 3.63) is 0 Å². The third-order valence-corrected chi connectivity index (χ3v) is 11.9. The van der Waals surface area contributed by atoms with Gasteiger partial charge in [-0.15, -0.1) is 0 Å². The van der Waals surface area contributed by atoms with Crippen LogP contribution < -0.4 is 16.0 Å². The van der Waals surface area contributed by atoms with Gasteiger partial charge in [0.2, 0.25) is 18.2 Å². The van der Waals surface area contributed by atoms with Crippen LogP contribution in [-0.2, 0) is 28.6 Å². The van der Waals surface area contributed by atoms with Crippen molar-refractivity contribution >= 4 is 36.5 Å². The molecule has 3 rings (SSSR count). The second kappa shape index (κ2) is 18.5. The molecule has 314 valence electrons. The Bertz CT molecular complexity index is 1490. The topological polar surface area (TPSA) is 203 Å². The average molecular weight is 787 g/mol. The van der Waals surface area contributed by atoms with E-state index >= 15 is 0 Å². The number of carbonyl (C=O) groups is 3. The summed E-state index contributed by atoms with van der Waals surface area (Å²) in [6.07, 6.45) is 9.34. The lowest BCUT2D eigenvalue weighted by molar-refractivity contribution is -0.0205. The van der Waals surface area contributed by atoms with Crippen LogP contribution in [0.2, 0.25) is 0 Å². The van der Waals surface area contributed by atoms with Gasteiger partial charge in [0.05, 0.1) is 23.0 Å². The van der Waals surface area contributed by atoms with Gasteiger partial charge in [0, 0.05) is 19.1 Å². The van der Waals surface area contributed by atoms with Crippen molar-refractivity contribution in [3.63, 3.8) is 0 Å². The fraction of sp³-hybridized carbons (Fsp3) is 0.854. The molecule has 56 heavy (non-hydrogen) atoms. The van der Waals surface area contributed by atoms with Crippen molar-refractivity contribution in [2.75, 3.05) is 32.9 Å². The maximum atomic E-state index is 13.3. The van der Waals surface area contributed by atoms with Gasteiger partial charge in [0.1, 0.15) is 19.8 Å². The highest BCUT2D eigenvalue weighted by Crippen LogP contribution is 2.48. The van der Waals surface area contributed by atoms with Crippen LogP contribution in [0.1, 0.15) is 133 Å². The molecule has 0 radical (unpaired) electrons. The first-order chi connectivity index (χ1) is 25.9. The van der Waals surface area contributed by atoms with Crippen molar-refractivity contribution in [1.29, 1.82) is 0 Å². The van der Waals surface area contributed by atoms with Crippen molar-refractivity contribution < 1.29 is 43.0 Å². The molecule has 3 fully saturated rings. The molecule has 0 aliphatic heterocycles. The van der Waals surface area contributed by atoms with Gasteiger partial charge in [-0.25, -0.2) is 38.8 Å². The maximum Gasteiger partial charge on any atom is 0.407 e. The number of isocyanates is 3. The number of hydrogen-bond donors (Lipinski definition) is 3. The van der Waals surface area contributed by atoms with Gasteiger partial charge in [0.15, 0.2) is 0 Å². The number of hydrogen-bond acceptors (Lipinski definition) is 12. The summed E-state index contributed by atoms with van der Waals surface area (Å²) in [4.78, 5) is 84.9. The molecule has 0 saturated heterocycles. The van der Waals surface area contributed by atoms with E-state index in [2.05, 4.69) is 72.5 Å². The number of amides is 3. The van der Waals surface area contributed by atoms with Crippen LogP contribution >= 0.6 is 0 Å². The Morgan fingerprint density at radius 2 is 1.04 bits per heavy atom. The third kappa shape index (κ3) is 14.5. The zero-order valence-electron chi connectivity index (χ0n) is 35.4. The van der Waals surface area contributed by atoms with Crippen LogP contribution in [0.15, 0.2) is 15.0 Å². The molecule has 3 aliphatic rings. The Balaban J connectivity index is 1.70. The monoisotopic (exact) mass is 786 g/mol. The molecule has 0 aromatic rings. The second-order valence-corrected chi connectivity index (χ2v) is 20.4. The first kappa shape index (κ1) is 46.3. The zero-order valence-corrected chi connectivity index (χ0v) is 35.4. The van der Waals surface area contributed by atoms with Gasteiger partial charge in [-0.05, 0) is 98.2 Å². The highest BCUT2D eigenvalue weighted by molar-refractivity contribution is 5.68. The van der Waals surface area contributed by atoms with Crippen LogP contribution in [0.25, 0.3) is 0 Å². The summed E-state index contributed by atoms with van der Waals surface area (Å²) in [5, 5.41) is 8.66. The minimum Gasteiger partial charge on any atom is -0.449 e. The predicted octanol–water partition coefficient (Wildman–Crippen LogP) is 7.08. The Labute approximate surface area is 332 Å². The quantitative estimate of drug-likeness (QED) is 0.0881. The Morgan fingerprint density at radius 1 is 0.607 bits per heavy atom. The fourth-order valence-corrected chi connectivity index (χ4v) is 10.5. The molecule has 0 aromatic carbocycles. The molecule has 15 nitrogen and oxygen atoms in total. The Morgan fingerprint density at radius 3 is 1.45 bits per heavy atom. The van der Waals surface area contributed by atoms with Gasteiger partial charge < -0.3 is 30.2 Å². The lowest BCUT2D eigenvalue weighted by Crippen LogP contribution is -2.50. The van der Waals surface area contributed by atoms with E-state index in [0.717, 1.165) is 25.7 Å². The van der Waals surface area contributed by atoms with Gasteiger partial charge in [-0.1, -0.05) is 62.3 Å². The largest absolute Gasteiger partial charge is 0.449 e. The number of alkyl carbamates (subject to hydrolysis) is 3. The van der Waals surface area contributed by atoms with Crippen molar-refractivity contribution in [1.82, 2.24) is 16.0 Å². The first-order valence-electron chi connectivity index (χ1n) is 19.9. The minimum atomic E-state index is -1.10. The van der Waals surface area contributed by atoms with E-state index in [4.69, 9.17) is 14.2 Å². The summed E-state index contributed by atoms with van der Waals surface area (Å²) in [7, 11) is 0. The number of rotatable bonds is 15. The molecule has 0 aromatic heterocycles. The van der Waals surface area contributed by atoms with E-state index in [1.807, 2.05) is 27.7 Å². The average Bonchev–Trinajstić information content (AvgIpc) is 3.04. The summed E-state index contributed by atoms with van der Waals surface area (Å²) in [5.41, 5.74) is -2.88. The van der Waals surface area contributed by atoms with E-state index < -0.39 is 29.2 Å². The minimum absolute atomic E-state index is 0.0970. The fourth-order valence-electron chi connectivity index (χ4n) is 10.5. The molecule has 15 heteroatoms. The van der Waals surface area contributed by atoms with E-state index in [1.54, 1.807) is 18.2 Å². The molecule has 3 aliphatic carbocycles. The van der Waals surface area contributed by atoms with Gasteiger partial charge in [0.25, 0.3) is 0 Å². The van der Waals surface area contributed by atoms with Gasteiger partial charge >= 0.3 is 18.3 Å². The van der Waals surface area contributed by atoms with Crippen LogP contribution in [0.3, 0.4) is 0 Å². The van der Waals surface area contributed by atoms with E-state index in [1.165, 1.54) is 0 Å². The van der Waals surface area contributed by atoms with Crippen LogP contribution in [-0.4, -0.2) is 93.1 Å². The smallest absolute Gasteiger partial charge is 0.407 e. The van der Waals surface area contributed by atoms with Crippen molar-refractivity contribution in [3.8, 4) is 0 Å². The Hall–Kier alpha value is -4.05. The standard InChI is InChI=1S/C41H66N6O9/c1-11-41(25-56-34(53)47-31-14-37(6,7)20-40(10,17-31)46-28-50,23-54-32(51)42-21-38(8)15-29(44-26-48)12-35(2,3)18-38)24-55-33(52)43-22-39(9)16-30(45-27-49)13-36(4,5)19-39/h29-31H,11-25H2,1-10H3,(H,42,51)(H,43,52)(H,47,53). The Kier molecular flexibility index (Phi) is 15.3. The number of nitrogens with one attached hydrogen (secondary N) is 3. The summed E-state index contributed by atoms with van der Waals surface area (Å²) < 4.78 is 17.2. The van der Waals surface area contributed by atoms with Crippen LogP contribution in [0.4, 0.5) is 14.4 Å². The highest BCUT2D eigenvalue weighted by Gasteiger charge is 2.45. The van der Waals surface area contributed by atoms with Crippen molar-refractivity contribution in [2.24, 2.45) is 47.5 Å². The SMILES string of the molecule is CCC(COC(=O)NCC1(C)CC(N=C=O)CC(C)(C)C1)(COC(=O)NCC1(C)CC(N=C=O)CC(C)(C)C1)COC(=O)NC1CC(C)(C)CC(C)(N=C=O)C1. The molecule has 0 bridgehead atoms. The lowest BCUT2D eigenvalue weighted by Gasteiger charge is -2.45. The zero-order chi connectivity index (χ0) is 42.1. The van der Waals surface area contributed by atoms with Crippen LogP contribution in [0, 0.1) is 32.5 Å². The summed E-state index contributed by atoms with van der Waals surface area (Å²) in [5.74, 6) is 0. The molecule has 6 unspecified atom stereocenters. The molecule has 0 heterocycles. The molecular formula is C41H66N6O9. The molecule has 3 saturated carbocycles. The molecular weight excluding hydrogens is 720 g/mol. The number of ether oxygens (including phenoxy) is 3. The highest BCUT2D eigenvalue weighted by atomic mass is 16.6. The molecule has 3 amide bonds. The van der Waals surface area contributed by atoms with Gasteiger partial charge in [-0.3, -0.25) is 0 Å². The first-order valence-corrected chi connectivity index (χ1v) is 19.9. The van der Waals surface area contributed by atoms with E-state index in [0.29, 0.717) is 38.5 Å². The molecule has 3 N–H and O–H groups in total. The second-order valence-electron chi connectivity index (χ2n) is 20.4. The normalized spacial score (nSPS) is 31.3. The maximum absolute atomic E-state index is 13.3. The third-order valence-electron chi connectivity index (χ3n) is 11.9. The number of carbonyl (C=O) groups excluding carboxylic acids is 6. The van der Waals surface area contributed by atoms with Crippen LogP contribution in [0.5, 0.6) is 0 Å². The number of nitrogens with zero attached hydrogens (tertiary/aromatic N) is 3. The number of aliphatic imine (C=N–C) groups is 3. The van der Waals surface area contributed by atoms with Gasteiger partial charge in [-0.2, -0.15) is 4.99 Å². The van der Waals surface area contributed by atoms with Crippen molar-refractivity contribution in [2.45, 2.75) is 157 Å². The predicted molar refractivity (Wildman–Crippen MR) is 209 cm³/mol. The summed E-state index contributed by atoms with van der Waals surface area (Å²) >= 11 is 0.